The zero-order valence-electron chi connectivity index (χ0n) is 15.5. The molecule has 4 aromatic rings. The Morgan fingerprint density at radius 1 is 0.714 bits per heavy atom. The van der Waals surface area contributed by atoms with Crippen LogP contribution < -0.4 is 0 Å². The molecule has 0 amide bonds. The Balaban J connectivity index is 0.00000225. The predicted molar refractivity (Wildman–Crippen MR) is 105 cm³/mol. The Bertz CT molecular complexity index is 965. The Kier molecular flexibility index (Phi) is 6.11. The maximum absolute atomic E-state index is 4.86. The minimum absolute atomic E-state index is 0. The van der Waals surface area contributed by atoms with E-state index in [1.807, 2.05) is 36.4 Å². The minimum atomic E-state index is -0.365. The number of aromatic nitrogens is 4. The van der Waals surface area contributed by atoms with Crippen molar-refractivity contribution in [3.05, 3.63) is 96.8 Å². The van der Waals surface area contributed by atoms with Gasteiger partial charge in [-0.15, -0.1) is 35.4 Å². The van der Waals surface area contributed by atoms with Gasteiger partial charge in [-0.1, -0.05) is 49.1 Å². The van der Waals surface area contributed by atoms with Gasteiger partial charge >= 0.3 is 21.1 Å². The largest absolute Gasteiger partial charge is 2.00 e. The van der Waals surface area contributed by atoms with Gasteiger partial charge in [0.25, 0.3) is 0 Å². The van der Waals surface area contributed by atoms with Crippen molar-refractivity contribution in [3.63, 3.8) is 0 Å². The molecule has 0 unspecified atom stereocenters. The molecule has 0 bridgehead atoms. The summed E-state index contributed by atoms with van der Waals surface area (Å²) >= 11 is 0. The van der Waals surface area contributed by atoms with E-state index in [1.165, 1.54) is 0 Å². The van der Waals surface area contributed by atoms with Gasteiger partial charge in [0, 0.05) is 16.8 Å². The fourth-order valence-electron chi connectivity index (χ4n) is 2.93. The molecule has 4 nitrogen and oxygen atoms in total. The van der Waals surface area contributed by atoms with Crippen LogP contribution in [0.3, 0.4) is 0 Å². The van der Waals surface area contributed by atoms with Crippen molar-refractivity contribution >= 4 is 0 Å². The van der Waals surface area contributed by atoms with E-state index in [9.17, 15) is 0 Å². The summed E-state index contributed by atoms with van der Waals surface area (Å²) < 4.78 is 0. The van der Waals surface area contributed by atoms with Crippen LogP contribution in [0.25, 0.3) is 22.5 Å². The van der Waals surface area contributed by atoms with Crippen molar-refractivity contribution in [3.8, 4) is 22.5 Å². The molecule has 28 heavy (non-hydrogen) atoms. The minimum Gasteiger partial charge on any atom is -0.360 e. The third kappa shape index (κ3) is 4.07. The van der Waals surface area contributed by atoms with Crippen LogP contribution in [0.1, 0.15) is 25.2 Å². The van der Waals surface area contributed by atoms with Crippen molar-refractivity contribution in [1.29, 1.82) is 0 Å². The van der Waals surface area contributed by atoms with E-state index < -0.39 is 0 Å². The molecule has 0 radical (unpaired) electrons. The molecule has 0 aliphatic rings. The van der Waals surface area contributed by atoms with E-state index in [1.54, 1.807) is 36.9 Å². The van der Waals surface area contributed by atoms with E-state index >= 15 is 0 Å². The fourth-order valence-corrected chi connectivity index (χ4v) is 2.93. The van der Waals surface area contributed by atoms with Crippen molar-refractivity contribution < 1.29 is 21.1 Å². The first-order chi connectivity index (χ1) is 13.1. The Morgan fingerprint density at radius 3 is 1.57 bits per heavy atom. The SMILES string of the molecule is CC(C)(c1cccc(-c2[c-]ccnc2)n1)c1cccc(-c2[c-]ccnc2)n1.[Pt+2]. The second-order valence-corrected chi connectivity index (χ2v) is 6.74. The van der Waals surface area contributed by atoms with Gasteiger partial charge in [0.05, 0.1) is 0 Å². The van der Waals surface area contributed by atoms with E-state index in [0.29, 0.717) is 0 Å². The molecule has 0 fully saturated rings. The van der Waals surface area contributed by atoms with Gasteiger partial charge in [0.1, 0.15) is 0 Å². The summed E-state index contributed by atoms with van der Waals surface area (Å²) in [6, 6.07) is 22.0. The Morgan fingerprint density at radius 2 is 1.18 bits per heavy atom. The fraction of sp³-hybridized carbons (Fsp3) is 0.130. The van der Waals surface area contributed by atoms with Crippen molar-refractivity contribution in [1.82, 2.24) is 19.9 Å². The average molecular weight is 546 g/mol. The smallest absolute Gasteiger partial charge is 0.360 e. The van der Waals surface area contributed by atoms with Crippen LogP contribution in [0.15, 0.2) is 73.3 Å². The summed E-state index contributed by atoms with van der Waals surface area (Å²) in [4.78, 5) is 18.1. The molecule has 0 aliphatic carbocycles. The van der Waals surface area contributed by atoms with Gasteiger partial charge < -0.3 is 19.9 Å². The van der Waals surface area contributed by atoms with Crippen LogP contribution in [0.5, 0.6) is 0 Å². The normalized spacial score (nSPS) is 10.9. The summed E-state index contributed by atoms with van der Waals surface area (Å²) in [7, 11) is 0. The molecule has 0 atom stereocenters. The molecule has 0 saturated carbocycles. The molecular weight excluding hydrogens is 527 g/mol. The van der Waals surface area contributed by atoms with Crippen LogP contribution in [-0.2, 0) is 26.5 Å². The molecule has 0 aromatic carbocycles. The molecule has 0 spiro atoms. The summed E-state index contributed by atoms with van der Waals surface area (Å²) in [5.74, 6) is 0. The van der Waals surface area contributed by atoms with E-state index in [0.717, 1.165) is 33.9 Å². The van der Waals surface area contributed by atoms with Crippen molar-refractivity contribution in [2.24, 2.45) is 0 Å². The topological polar surface area (TPSA) is 51.6 Å². The zero-order chi connectivity index (χ0) is 18.7. The van der Waals surface area contributed by atoms with E-state index in [4.69, 9.17) is 9.97 Å². The van der Waals surface area contributed by atoms with Gasteiger partial charge in [0.2, 0.25) is 0 Å². The summed E-state index contributed by atoms with van der Waals surface area (Å²) in [6.45, 7) is 4.26. The third-order valence-electron chi connectivity index (χ3n) is 4.54. The summed E-state index contributed by atoms with van der Waals surface area (Å²) in [5, 5.41) is 0. The predicted octanol–water partition coefficient (Wildman–Crippen LogP) is 4.52. The summed E-state index contributed by atoms with van der Waals surface area (Å²) in [6.07, 6.45) is 6.97. The molecule has 4 aromatic heterocycles. The third-order valence-corrected chi connectivity index (χ3v) is 4.54. The van der Waals surface area contributed by atoms with Crippen molar-refractivity contribution in [2.45, 2.75) is 19.3 Å². The first-order valence-electron chi connectivity index (χ1n) is 8.74. The maximum Gasteiger partial charge on any atom is 2.00 e. The Hall–Kier alpha value is -2.71. The molecule has 0 saturated heterocycles. The molecule has 4 rings (SSSR count). The number of hydrogen-bond acceptors (Lipinski definition) is 4. The molecule has 4 heterocycles. The summed E-state index contributed by atoms with van der Waals surface area (Å²) in [5.41, 5.74) is 4.98. The van der Waals surface area contributed by atoms with Gasteiger partial charge in [-0.05, 0) is 37.4 Å². The molecular formula is C23H18N4Pt. The van der Waals surface area contributed by atoms with Crippen LogP contribution in [0, 0.1) is 12.1 Å². The van der Waals surface area contributed by atoms with E-state index in [2.05, 4.69) is 35.9 Å². The number of pyridine rings is 4. The standard InChI is InChI=1S/C23H18N4.Pt/c1-23(2,21-11-3-9-19(26-21)17-7-5-13-24-15-17)22-12-4-10-20(27-22)18-8-6-14-25-16-18;/h3-6,9-16H,1-2H3;/q-2;+2. The van der Waals surface area contributed by atoms with Crippen LogP contribution in [0.4, 0.5) is 0 Å². The van der Waals surface area contributed by atoms with Crippen LogP contribution in [-0.4, -0.2) is 19.9 Å². The van der Waals surface area contributed by atoms with Gasteiger partial charge in [0.15, 0.2) is 0 Å². The first-order valence-corrected chi connectivity index (χ1v) is 8.74. The second kappa shape index (κ2) is 8.53. The number of hydrogen-bond donors (Lipinski definition) is 0. The van der Waals surface area contributed by atoms with Crippen LogP contribution >= 0.6 is 0 Å². The van der Waals surface area contributed by atoms with Gasteiger partial charge in [-0.3, -0.25) is 0 Å². The van der Waals surface area contributed by atoms with Crippen molar-refractivity contribution in [2.75, 3.05) is 0 Å². The van der Waals surface area contributed by atoms with E-state index in [-0.39, 0.29) is 26.5 Å². The second-order valence-electron chi connectivity index (χ2n) is 6.74. The molecule has 5 heteroatoms. The van der Waals surface area contributed by atoms with Gasteiger partial charge in [-0.2, -0.15) is 0 Å². The Labute approximate surface area is 179 Å². The van der Waals surface area contributed by atoms with Crippen LogP contribution in [0.2, 0.25) is 0 Å². The molecule has 140 valence electrons. The first kappa shape index (κ1) is 20.0. The monoisotopic (exact) mass is 545 g/mol. The number of nitrogens with zero attached hydrogens (tertiary/aromatic N) is 4. The average Bonchev–Trinajstić information content (AvgIpc) is 2.75. The maximum atomic E-state index is 4.86. The quantitative estimate of drug-likeness (QED) is 0.354. The molecule has 0 aliphatic heterocycles. The number of rotatable bonds is 4. The zero-order valence-corrected chi connectivity index (χ0v) is 17.8. The molecule has 0 N–H and O–H groups in total. The van der Waals surface area contributed by atoms with Gasteiger partial charge in [-0.25, -0.2) is 0 Å².